The van der Waals surface area contributed by atoms with E-state index in [1.165, 1.54) is 10.9 Å². The average molecular weight is 341 g/mol. The molecule has 2 aromatic rings. The Morgan fingerprint density at radius 1 is 1.52 bits per heavy atom. The Bertz CT molecular complexity index is 897. The fourth-order valence-electron chi connectivity index (χ4n) is 2.55. The van der Waals surface area contributed by atoms with Crippen molar-refractivity contribution in [2.75, 3.05) is 18.5 Å². The summed E-state index contributed by atoms with van der Waals surface area (Å²) in [6.07, 6.45) is 3.48. The number of hydrogen-bond donors (Lipinski definition) is 5. The monoisotopic (exact) mass is 341 g/mol. The van der Waals surface area contributed by atoms with Crippen molar-refractivity contribution in [3.63, 3.8) is 0 Å². The first-order valence-corrected chi connectivity index (χ1v) is 8.63. The van der Waals surface area contributed by atoms with Crippen molar-refractivity contribution < 1.29 is 19.5 Å². The molecule has 1 aliphatic carbocycles. The van der Waals surface area contributed by atoms with E-state index in [0.717, 1.165) is 5.57 Å². The van der Waals surface area contributed by atoms with E-state index in [0.29, 0.717) is 6.42 Å². The molecule has 1 saturated carbocycles. The highest BCUT2D eigenvalue weighted by molar-refractivity contribution is 7.51. The summed E-state index contributed by atoms with van der Waals surface area (Å²) in [5.41, 5.74) is 5.67. The van der Waals surface area contributed by atoms with Crippen LogP contribution in [0.1, 0.15) is 12.8 Å². The van der Waals surface area contributed by atoms with E-state index in [1.54, 1.807) is 6.20 Å². The maximum Gasteiger partial charge on any atom is 0.325 e. The Balaban J connectivity index is 1.91. The number of nitrogen functional groups attached to an aromatic ring is 1. The van der Waals surface area contributed by atoms with Crippen molar-refractivity contribution in [1.82, 2.24) is 19.5 Å². The molecule has 1 fully saturated rings. The molecule has 6 N–H and O–H groups in total. The fraction of sp³-hybridized carbons (Fsp3) is 0.417. The second-order valence-electron chi connectivity index (χ2n) is 5.68. The van der Waals surface area contributed by atoms with Crippen LogP contribution in [0.25, 0.3) is 17.4 Å². The Morgan fingerprint density at radius 3 is 2.91 bits per heavy atom. The van der Waals surface area contributed by atoms with Crippen molar-refractivity contribution in [3.8, 4) is 0 Å². The first-order chi connectivity index (χ1) is 10.7. The first-order valence-electron chi connectivity index (χ1n) is 6.83. The summed E-state index contributed by atoms with van der Waals surface area (Å²) in [7, 11) is -4.12. The zero-order valence-electron chi connectivity index (χ0n) is 12.0. The lowest BCUT2D eigenvalue weighted by atomic mass is 10.0. The molecule has 0 aromatic carbocycles. The van der Waals surface area contributed by atoms with Gasteiger partial charge >= 0.3 is 7.60 Å². The second-order valence-corrected chi connectivity index (χ2v) is 7.46. The van der Waals surface area contributed by atoms with Crippen LogP contribution in [0.2, 0.25) is 0 Å². The van der Waals surface area contributed by atoms with Gasteiger partial charge in [-0.2, -0.15) is 4.98 Å². The van der Waals surface area contributed by atoms with Crippen molar-refractivity contribution in [3.05, 3.63) is 22.3 Å². The molecule has 1 unspecified atom stereocenters. The van der Waals surface area contributed by atoms with Crippen molar-refractivity contribution in [2.45, 2.75) is 12.8 Å². The Labute approximate surface area is 129 Å². The Morgan fingerprint density at radius 2 is 2.26 bits per heavy atom. The van der Waals surface area contributed by atoms with E-state index in [1.807, 2.05) is 0 Å². The molecular weight excluding hydrogens is 325 g/mol. The van der Waals surface area contributed by atoms with Crippen molar-refractivity contribution in [1.29, 1.82) is 0 Å². The number of fused-ring (bicyclic) bond motifs is 1. The zero-order chi connectivity index (χ0) is 16.8. The quantitative estimate of drug-likeness (QED) is 0.453. The van der Waals surface area contributed by atoms with Crippen LogP contribution in [0.15, 0.2) is 16.7 Å². The largest absolute Gasteiger partial charge is 0.395 e. The van der Waals surface area contributed by atoms with E-state index in [-0.39, 0.29) is 36.3 Å². The van der Waals surface area contributed by atoms with Crippen LogP contribution in [0.5, 0.6) is 0 Å². The number of hydrogen-bond acceptors (Lipinski definition) is 6. The number of nitrogens with one attached hydrogen (secondary N) is 1. The van der Waals surface area contributed by atoms with Gasteiger partial charge in [0.1, 0.15) is 6.33 Å². The number of aromatic amines is 1. The summed E-state index contributed by atoms with van der Waals surface area (Å²) < 4.78 is 12.5. The Hall–Kier alpha value is -2.00. The molecule has 0 radical (unpaired) electrons. The van der Waals surface area contributed by atoms with Crippen LogP contribution < -0.4 is 11.3 Å². The SMILES string of the molecule is Nc1nc2c(ncn2/C=C2\CC2(CO)CCP(=O)(O)O)c(=O)[nH]1. The third kappa shape index (κ3) is 3.06. The number of nitrogens with two attached hydrogens (primary N) is 1. The average Bonchev–Trinajstić information content (AvgIpc) is 3.00. The van der Waals surface area contributed by atoms with Gasteiger partial charge in [-0.05, 0) is 18.4 Å². The number of aromatic nitrogens is 4. The lowest BCUT2D eigenvalue weighted by molar-refractivity contribution is 0.215. The van der Waals surface area contributed by atoms with Crippen molar-refractivity contribution in [2.24, 2.45) is 5.41 Å². The predicted octanol–water partition coefficient (Wildman–Crippen LogP) is -0.507. The second kappa shape index (κ2) is 5.27. The summed E-state index contributed by atoms with van der Waals surface area (Å²) in [4.78, 5) is 40.0. The minimum Gasteiger partial charge on any atom is -0.395 e. The summed E-state index contributed by atoms with van der Waals surface area (Å²) in [6, 6.07) is 0. The predicted molar refractivity (Wildman–Crippen MR) is 82.5 cm³/mol. The molecule has 0 bridgehead atoms. The van der Waals surface area contributed by atoms with Crippen LogP contribution in [0, 0.1) is 5.41 Å². The van der Waals surface area contributed by atoms with Gasteiger partial charge in [0.2, 0.25) is 5.95 Å². The molecule has 0 saturated heterocycles. The number of aliphatic hydroxyl groups excluding tert-OH is 1. The van der Waals surface area contributed by atoms with Gasteiger partial charge < -0.3 is 20.6 Å². The van der Waals surface area contributed by atoms with Crippen LogP contribution in [-0.2, 0) is 4.57 Å². The van der Waals surface area contributed by atoms with Gasteiger partial charge in [0.05, 0.1) is 12.8 Å². The van der Waals surface area contributed by atoms with Gasteiger partial charge in [-0.3, -0.25) is 18.9 Å². The number of imidazole rings is 1. The summed E-state index contributed by atoms with van der Waals surface area (Å²) >= 11 is 0. The molecule has 2 aromatic heterocycles. The number of rotatable bonds is 5. The van der Waals surface area contributed by atoms with Crippen LogP contribution in [0.3, 0.4) is 0 Å². The summed E-state index contributed by atoms with van der Waals surface area (Å²) in [5, 5.41) is 9.54. The van der Waals surface area contributed by atoms with E-state index in [4.69, 9.17) is 15.5 Å². The summed E-state index contributed by atoms with van der Waals surface area (Å²) in [6.45, 7) is -0.207. The van der Waals surface area contributed by atoms with Crippen LogP contribution in [0.4, 0.5) is 5.95 Å². The van der Waals surface area contributed by atoms with Gasteiger partial charge in [0, 0.05) is 11.6 Å². The molecule has 124 valence electrons. The minimum atomic E-state index is -4.12. The highest BCUT2D eigenvalue weighted by atomic mass is 31.2. The van der Waals surface area contributed by atoms with E-state index >= 15 is 0 Å². The van der Waals surface area contributed by atoms with E-state index in [9.17, 15) is 14.5 Å². The Kier molecular flexibility index (Phi) is 3.64. The van der Waals surface area contributed by atoms with Crippen molar-refractivity contribution >= 4 is 30.9 Å². The standard InChI is InChI=1S/C12H16N5O5P/c13-11-15-9-8(10(19)16-11)14-6-17(9)4-7-3-12(7,5-18)1-2-23(20,21)22/h4,6,18H,1-3,5H2,(H2,20,21,22)(H3,13,15,16,19)/b7-4+. The lowest BCUT2D eigenvalue weighted by Crippen LogP contribution is -2.12. The number of aliphatic hydroxyl groups is 1. The van der Waals surface area contributed by atoms with E-state index in [2.05, 4.69) is 15.0 Å². The molecule has 11 heteroatoms. The van der Waals surface area contributed by atoms with Gasteiger partial charge in [-0.25, -0.2) is 4.98 Å². The topological polar surface area (TPSA) is 167 Å². The molecule has 10 nitrogen and oxygen atoms in total. The smallest absolute Gasteiger partial charge is 0.325 e. The third-order valence-electron chi connectivity index (χ3n) is 4.01. The molecular formula is C12H16N5O5P. The molecule has 1 atom stereocenters. The van der Waals surface area contributed by atoms with Gasteiger partial charge in [0.15, 0.2) is 11.2 Å². The van der Waals surface area contributed by atoms with Crippen LogP contribution >= 0.6 is 7.60 Å². The molecule has 0 amide bonds. The lowest BCUT2D eigenvalue weighted by Gasteiger charge is -2.11. The molecule has 2 heterocycles. The van der Waals surface area contributed by atoms with Gasteiger partial charge in [-0.1, -0.05) is 0 Å². The number of H-pyrrole nitrogens is 1. The molecule has 23 heavy (non-hydrogen) atoms. The normalized spacial score (nSPS) is 22.8. The number of anilines is 1. The van der Waals surface area contributed by atoms with Gasteiger partial charge in [-0.15, -0.1) is 0 Å². The number of nitrogens with zero attached hydrogens (tertiary/aromatic N) is 3. The molecule has 0 spiro atoms. The molecule has 3 rings (SSSR count). The maximum absolute atomic E-state index is 11.7. The fourth-order valence-corrected chi connectivity index (χ4v) is 3.27. The highest BCUT2D eigenvalue weighted by Crippen LogP contribution is 2.57. The minimum absolute atomic E-state index is 0.0339. The third-order valence-corrected chi connectivity index (χ3v) is 4.82. The molecule has 1 aliphatic rings. The maximum atomic E-state index is 11.7. The van der Waals surface area contributed by atoms with Gasteiger partial charge in [0.25, 0.3) is 5.56 Å². The summed E-state index contributed by atoms with van der Waals surface area (Å²) in [5.74, 6) is -0.0339. The highest BCUT2D eigenvalue weighted by Gasteiger charge is 2.49. The molecule has 0 aliphatic heterocycles. The van der Waals surface area contributed by atoms with E-state index < -0.39 is 18.6 Å². The zero-order valence-corrected chi connectivity index (χ0v) is 12.9. The first kappa shape index (κ1) is 15.9. The van der Waals surface area contributed by atoms with Crippen LogP contribution in [-0.4, -0.2) is 47.2 Å².